The maximum Gasteiger partial charge on any atom is 0.191 e. The lowest BCUT2D eigenvalue weighted by molar-refractivity contribution is 0.436. The van der Waals surface area contributed by atoms with Gasteiger partial charge in [-0.2, -0.15) is 0 Å². The van der Waals surface area contributed by atoms with E-state index in [1.54, 1.807) is 7.05 Å². The lowest BCUT2D eigenvalue weighted by Crippen LogP contribution is -2.43. The molecule has 0 saturated carbocycles. The van der Waals surface area contributed by atoms with Gasteiger partial charge < -0.3 is 15.5 Å². The van der Waals surface area contributed by atoms with E-state index in [0.717, 1.165) is 37.3 Å². The van der Waals surface area contributed by atoms with Crippen LogP contribution in [0.1, 0.15) is 46.1 Å². The molecular formula is C19H33N5. The molecule has 0 spiro atoms. The molecule has 0 radical (unpaired) electrons. The quantitative estimate of drug-likeness (QED) is 0.643. The van der Waals surface area contributed by atoms with E-state index in [9.17, 15) is 0 Å². The molecule has 1 aromatic rings. The van der Waals surface area contributed by atoms with Crippen molar-refractivity contribution in [1.29, 1.82) is 0 Å². The molecule has 1 fully saturated rings. The number of anilines is 1. The van der Waals surface area contributed by atoms with Crippen molar-refractivity contribution in [2.75, 3.05) is 25.0 Å². The van der Waals surface area contributed by atoms with Crippen LogP contribution >= 0.6 is 0 Å². The summed E-state index contributed by atoms with van der Waals surface area (Å²) in [7, 11) is 1.81. The number of pyridine rings is 1. The Morgan fingerprint density at radius 2 is 2.00 bits per heavy atom. The first kappa shape index (κ1) is 18.6. The predicted octanol–water partition coefficient (Wildman–Crippen LogP) is 3.03. The largest absolute Gasteiger partial charge is 0.357 e. The van der Waals surface area contributed by atoms with Crippen LogP contribution in [-0.4, -0.2) is 37.1 Å². The molecule has 0 bridgehead atoms. The zero-order chi connectivity index (χ0) is 17.5. The number of hydrogen-bond donors (Lipinski definition) is 2. The molecule has 24 heavy (non-hydrogen) atoms. The summed E-state index contributed by atoms with van der Waals surface area (Å²) in [5.74, 6) is 3.35. The van der Waals surface area contributed by atoms with Crippen LogP contribution < -0.4 is 15.5 Å². The molecule has 0 amide bonds. The molecule has 1 aliphatic rings. The summed E-state index contributed by atoms with van der Waals surface area (Å²) < 4.78 is 0. The summed E-state index contributed by atoms with van der Waals surface area (Å²) in [5.41, 5.74) is 1.17. The van der Waals surface area contributed by atoms with E-state index in [1.165, 1.54) is 18.4 Å². The highest BCUT2D eigenvalue weighted by atomic mass is 15.2. The molecule has 1 unspecified atom stereocenters. The third-order valence-electron chi connectivity index (χ3n) is 4.96. The van der Waals surface area contributed by atoms with E-state index in [0.29, 0.717) is 12.0 Å². The third kappa shape index (κ3) is 5.39. The van der Waals surface area contributed by atoms with E-state index in [1.807, 2.05) is 6.20 Å². The highest BCUT2D eigenvalue weighted by Gasteiger charge is 2.16. The number of piperidine rings is 1. The van der Waals surface area contributed by atoms with E-state index >= 15 is 0 Å². The van der Waals surface area contributed by atoms with Crippen LogP contribution in [0.15, 0.2) is 23.3 Å². The number of rotatable bonds is 5. The first-order valence-corrected chi connectivity index (χ1v) is 9.16. The normalized spacial score (nSPS) is 17.9. The Hall–Kier alpha value is -1.78. The van der Waals surface area contributed by atoms with Crippen LogP contribution in [0.25, 0.3) is 0 Å². The smallest absolute Gasteiger partial charge is 0.191 e. The summed E-state index contributed by atoms with van der Waals surface area (Å²) >= 11 is 0. The van der Waals surface area contributed by atoms with E-state index in [4.69, 9.17) is 0 Å². The number of nitrogens with zero attached hydrogens (tertiary/aromatic N) is 3. The second-order valence-corrected chi connectivity index (χ2v) is 7.30. The van der Waals surface area contributed by atoms with Crippen LogP contribution in [0.4, 0.5) is 5.82 Å². The average Bonchev–Trinajstić information content (AvgIpc) is 2.59. The van der Waals surface area contributed by atoms with Gasteiger partial charge in [-0.1, -0.05) is 26.8 Å². The van der Waals surface area contributed by atoms with Gasteiger partial charge in [-0.25, -0.2) is 4.98 Å². The summed E-state index contributed by atoms with van der Waals surface area (Å²) in [4.78, 5) is 11.3. The molecule has 2 rings (SSSR count). The number of aromatic nitrogens is 1. The van der Waals surface area contributed by atoms with Crippen LogP contribution in [0.2, 0.25) is 0 Å². The van der Waals surface area contributed by atoms with Gasteiger partial charge in [-0.05, 0) is 43.2 Å². The van der Waals surface area contributed by atoms with Crippen molar-refractivity contribution in [3.05, 3.63) is 23.9 Å². The molecule has 2 heterocycles. The Morgan fingerprint density at radius 1 is 1.29 bits per heavy atom. The van der Waals surface area contributed by atoms with Crippen molar-refractivity contribution in [3.63, 3.8) is 0 Å². The number of guanidine groups is 1. The molecule has 0 aliphatic carbocycles. The molecule has 2 N–H and O–H groups in total. The van der Waals surface area contributed by atoms with Crippen molar-refractivity contribution >= 4 is 11.8 Å². The molecule has 5 nitrogen and oxygen atoms in total. The van der Waals surface area contributed by atoms with Crippen LogP contribution in [0.3, 0.4) is 0 Å². The molecular weight excluding hydrogens is 298 g/mol. The topological polar surface area (TPSA) is 52.6 Å². The average molecular weight is 332 g/mol. The zero-order valence-electron chi connectivity index (χ0n) is 15.8. The highest BCUT2D eigenvalue weighted by molar-refractivity contribution is 5.79. The summed E-state index contributed by atoms with van der Waals surface area (Å²) in [6.07, 6.45) is 4.50. The van der Waals surface area contributed by atoms with Crippen molar-refractivity contribution in [2.24, 2.45) is 16.8 Å². The Balaban J connectivity index is 1.85. The van der Waals surface area contributed by atoms with Crippen molar-refractivity contribution in [2.45, 2.75) is 53.1 Å². The van der Waals surface area contributed by atoms with E-state index in [2.05, 4.69) is 65.3 Å². The highest BCUT2D eigenvalue weighted by Crippen LogP contribution is 2.21. The van der Waals surface area contributed by atoms with Crippen LogP contribution in [0.5, 0.6) is 0 Å². The van der Waals surface area contributed by atoms with Gasteiger partial charge >= 0.3 is 0 Å². The van der Waals surface area contributed by atoms with Gasteiger partial charge in [-0.15, -0.1) is 0 Å². The van der Waals surface area contributed by atoms with Crippen molar-refractivity contribution in [1.82, 2.24) is 15.6 Å². The van der Waals surface area contributed by atoms with Gasteiger partial charge in [0.2, 0.25) is 0 Å². The van der Waals surface area contributed by atoms with Crippen molar-refractivity contribution < 1.29 is 0 Å². The minimum atomic E-state index is 0.387. The van der Waals surface area contributed by atoms with E-state index in [-0.39, 0.29) is 0 Å². The number of aliphatic imine (C=N–C) groups is 1. The molecule has 134 valence electrons. The Kier molecular flexibility index (Phi) is 6.88. The first-order valence-electron chi connectivity index (χ1n) is 9.16. The van der Waals surface area contributed by atoms with Gasteiger partial charge in [0.25, 0.3) is 0 Å². The maximum absolute atomic E-state index is 4.65. The van der Waals surface area contributed by atoms with Crippen molar-refractivity contribution in [3.8, 4) is 0 Å². The first-order chi connectivity index (χ1) is 11.5. The van der Waals surface area contributed by atoms with Gasteiger partial charge in [0.1, 0.15) is 5.82 Å². The summed E-state index contributed by atoms with van der Waals surface area (Å²) in [6, 6.07) is 4.69. The minimum Gasteiger partial charge on any atom is -0.357 e. The van der Waals surface area contributed by atoms with Gasteiger partial charge in [0.15, 0.2) is 5.96 Å². The van der Waals surface area contributed by atoms with Crippen LogP contribution in [-0.2, 0) is 6.54 Å². The second kappa shape index (κ2) is 8.90. The van der Waals surface area contributed by atoms with Gasteiger partial charge in [0.05, 0.1) is 0 Å². The standard InChI is InChI=1S/C19H33N5/c1-14(2)16(4)23-19(20-5)22-13-17-6-7-18(21-12-17)24-10-8-15(3)9-11-24/h6-7,12,14-16H,8-11,13H2,1-5H3,(H2,20,22,23). The zero-order valence-corrected chi connectivity index (χ0v) is 15.8. The Morgan fingerprint density at radius 3 is 2.54 bits per heavy atom. The predicted molar refractivity (Wildman–Crippen MR) is 102 cm³/mol. The third-order valence-corrected chi connectivity index (χ3v) is 4.96. The number of hydrogen-bond acceptors (Lipinski definition) is 3. The Labute approximate surface area is 147 Å². The van der Waals surface area contributed by atoms with E-state index < -0.39 is 0 Å². The molecule has 1 aromatic heterocycles. The molecule has 1 saturated heterocycles. The minimum absolute atomic E-state index is 0.387. The lowest BCUT2D eigenvalue weighted by atomic mass is 9.99. The lowest BCUT2D eigenvalue weighted by Gasteiger charge is -2.31. The SMILES string of the molecule is CN=C(NCc1ccc(N2CCC(C)CC2)nc1)NC(C)C(C)C. The van der Waals surface area contributed by atoms with Gasteiger partial charge in [-0.3, -0.25) is 4.99 Å². The molecule has 1 atom stereocenters. The summed E-state index contributed by atoms with van der Waals surface area (Å²) in [6.45, 7) is 11.9. The molecule has 5 heteroatoms. The fourth-order valence-corrected chi connectivity index (χ4v) is 2.71. The monoisotopic (exact) mass is 331 g/mol. The number of nitrogens with one attached hydrogen (secondary N) is 2. The fraction of sp³-hybridized carbons (Fsp3) is 0.684. The second-order valence-electron chi connectivity index (χ2n) is 7.30. The maximum atomic E-state index is 4.65. The Bertz CT molecular complexity index is 515. The van der Waals surface area contributed by atoms with Gasteiger partial charge in [0, 0.05) is 38.9 Å². The summed E-state index contributed by atoms with van der Waals surface area (Å²) in [5, 5.41) is 6.78. The molecule has 1 aliphatic heterocycles. The fourth-order valence-electron chi connectivity index (χ4n) is 2.71. The molecule has 0 aromatic carbocycles. The van der Waals surface area contributed by atoms with Crippen LogP contribution in [0, 0.1) is 11.8 Å².